The molecule has 3 rings (SSSR count). The second-order valence-corrected chi connectivity index (χ2v) is 5.62. The SMILES string of the molecule is Fc1ccc(Cl)c(F)c1-c1cnc(Cl)n1-c1ccc(Cl)cc1. The minimum absolute atomic E-state index is 0.0658. The van der Waals surface area contributed by atoms with E-state index in [0.29, 0.717) is 10.7 Å². The third-order valence-corrected chi connectivity index (χ3v) is 3.91. The molecule has 0 aliphatic rings. The van der Waals surface area contributed by atoms with E-state index in [4.69, 9.17) is 34.8 Å². The second kappa shape index (κ2) is 5.88. The predicted molar refractivity (Wildman–Crippen MR) is 83.9 cm³/mol. The van der Waals surface area contributed by atoms with Gasteiger partial charge in [0.1, 0.15) is 5.82 Å². The number of imidazole rings is 1. The van der Waals surface area contributed by atoms with Gasteiger partial charge in [0.25, 0.3) is 0 Å². The summed E-state index contributed by atoms with van der Waals surface area (Å²) in [6.07, 6.45) is 1.29. The maximum Gasteiger partial charge on any atom is 0.207 e. The molecule has 0 atom stereocenters. The van der Waals surface area contributed by atoms with Crippen LogP contribution >= 0.6 is 34.8 Å². The van der Waals surface area contributed by atoms with Crippen molar-refractivity contribution >= 4 is 34.8 Å². The van der Waals surface area contributed by atoms with Gasteiger partial charge in [-0.15, -0.1) is 0 Å². The highest BCUT2D eigenvalue weighted by Gasteiger charge is 2.21. The Bertz CT molecular complexity index is 845. The van der Waals surface area contributed by atoms with Gasteiger partial charge in [-0.2, -0.15) is 0 Å². The number of nitrogens with zero attached hydrogens (tertiary/aromatic N) is 2. The van der Waals surface area contributed by atoms with Crippen LogP contribution in [0.15, 0.2) is 42.6 Å². The predicted octanol–water partition coefficient (Wildman–Crippen LogP) is 5.78. The molecule has 2 aromatic carbocycles. The molecule has 0 amide bonds. The summed E-state index contributed by atoms with van der Waals surface area (Å²) in [4.78, 5) is 3.92. The molecule has 7 heteroatoms. The smallest absolute Gasteiger partial charge is 0.207 e. The molecule has 0 bridgehead atoms. The van der Waals surface area contributed by atoms with Gasteiger partial charge in [-0.05, 0) is 48.0 Å². The standard InChI is InChI=1S/C15H7Cl3F2N2/c16-8-1-3-9(4-2-8)22-12(7-21-15(22)18)13-11(19)6-5-10(17)14(13)20/h1-7H. The van der Waals surface area contributed by atoms with Gasteiger partial charge < -0.3 is 0 Å². The van der Waals surface area contributed by atoms with Crippen LogP contribution < -0.4 is 0 Å². The van der Waals surface area contributed by atoms with Crippen molar-refractivity contribution in [2.45, 2.75) is 0 Å². The highest BCUT2D eigenvalue weighted by molar-refractivity contribution is 6.31. The van der Waals surface area contributed by atoms with E-state index in [9.17, 15) is 8.78 Å². The molecule has 0 spiro atoms. The van der Waals surface area contributed by atoms with Crippen molar-refractivity contribution in [2.24, 2.45) is 0 Å². The Labute approximate surface area is 139 Å². The molecule has 0 unspecified atom stereocenters. The molecule has 22 heavy (non-hydrogen) atoms. The molecule has 1 heterocycles. The first-order valence-electron chi connectivity index (χ1n) is 6.12. The molecular formula is C15H7Cl3F2N2. The van der Waals surface area contributed by atoms with Gasteiger partial charge in [0.15, 0.2) is 5.82 Å². The molecule has 0 fully saturated rings. The zero-order chi connectivity index (χ0) is 15.9. The number of halogens is 5. The van der Waals surface area contributed by atoms with Crippen LogP contribution in [0.2, 0.25) is 15.3 Å². The fraction of sp³-hybridized carbons (Fsp3) is 0. The van der Waals surface area contributed by atoms with E-state index in [1.807, 2.05) is 0 Å². The maximum atomic E-state index is 14.2. The average molecular weight is 360 g/mol. The van der Waals surface area contributed by atoms with E-state index in [1.165, 1.54) is 10.8 Å². The minimum Gasteiger partial charge on any atom is -0.283 e. The van der Waals surface area contributed by atoms with Gasteiger partial charge >= 0.3 is 0 Å². The van der Waals surface area contributed by atoms with Crippen LogP contribution in [-0.4, -0.2) is 9.55 Å². The molecule has 0 saturated heterocycles. The summed E-state index contributed by atoms with van der Waals surface area (Å²) in [5.41, 5.74) is 0.437. The molecule has 0 saturated carbocycles. The molecule has 0 aliphatic heterocycles. The lowest BCUT2D eigenvalue weighted by atomic mass is 10.1. The molecule has 0 radical (unpaired) electrons. The van der Waals surface area contributed by atoms with Crippen molar-refractivity contribution < 1.29 is 8.78 Å². The van der Waals surface area contributed by atoms with Crippen LogP contribution in [0.5, 0.6) is 0 Å². The molecular weight excluding hydrogens is 353 g/mol. The van der Waals surface area contributed by atoms with Crippen LogP contribution in [0.1, 0.15) is 0 Å². The fourth-order valence-corrected chi connectivity index (χ4v) is 2.62. The van der Waals surface area contributed by atoms with E-state index < -0.39 is 11.6 Å². The third-order valence-electron chi connectivity index (χ3n) is 3.10. The molecule has 0 aliphatic carbocycles. The number of hydrogen-bond donors (Lipinski definition) is 0. The Kier molecular flexibility index (Phi) is 4.08. The number of rotatable bonds is 2. The number of benzene rings is 2. The first-order chi connectivity index (χ1) is 10.5. The second-order valence-electron chi connectivity index (χ2n) is 4.44. The summed E-state index contributed by atoms with van der Waals surface area (Å²) >= 11 is 17.6. The van der Waals surface area contributed by atoms with E-state index in [1.54, 1.807) is 24.3 Å². The monoisotopic (exact) mass is 358 g/mol. The number of hydrogen-bond acceptors (Lipinski definition) is 1. The Balaban J connectivity index is 2.27. The zero-order valence-electron chi connectivity index (χ0n) is 10.8. The summed E-state index contributed by atoms with van der Waals surface area (Å²) < 4.78 is 29.7. The van der Waals surface area contributed by atoms with Crippen molar-refractivity contribution in [2.75, 3.05) is 0 Å². The Morgan fingerprint density at radius 3 is 2.27 bits per heavy atom. The summed E-state index contributed by atoms with van der Waals surface area (Å²) in [6, 6.07) is 8.86. The zero-order valence-corrected chi connectivity index (χ0v) is 13.1. The Hall–Kier alpha value is -1.62. The Morgan fingerprint density at radius 1 is 0.909 bits per heavy atom. The summed E-state index contributed by atoms with van der Waals surface area (Å²) in [6.45, 7) is 0. The van der Waals surface area contributed by atoms with Crippen LogP contribution in [0.4, 0.5) is 8.78 Å². The molecule has 2 nitrogen and oxygen atoms in total. The van der Waals surface area contributed by atoms with Crippen LogP contribution in [0.3, 0.4) is 0 Å². The molecule has 112 valence electrons. The first-order valence-corrected chi connectivity index (χ1v) is 7.25. The molecule has 0 N–H and O–H groups in total. The van der Waals surface area contributed by atoms with Crippen LogP contribution in [0, 0.1) is 11.6 Å². The quantitative estimate of drug-likeness (QED) is 0.530. The highest BCUT2D eigenvalue weighted by Crippen LogP contribution is 2.34. The minimum atomic E-state index is -0.867. The first kappa shape index (κ1) is 15.3. The summed E-state index contributed by atoms with van der Waals surface area (Å²) in [7, 11) is 0. The van der Waals surface area contributed by atoms with E-state index in [2.05, 4.69) is 4.98 Å². The number of aromatic nitrogens is 2. The highest BCUT2D eigenvalue weighted by atomic mass is 35.5. The maximum absolute atomic E-state index is 14.2. The lowest BCUT2D eigenvalue weighted by molar-refractivity contribution is 0.588. The Morgan fingerprint density at radius 2 is 1.59 bits per heavy atom. The molecule has 1 aromatic heterocycles. The summed E-state index contributed by atoms with van der Waals surface area (Å²) in [5, 5.41) is 0.411. The largest absolute Gasteiger partial charge is 0.283 e. The van der Waals surface area contributed by atoms with Crippen LogP contribution in [0.25, 0.3) is 16.9 Å². The summed E-state index contributed by atoms with van der Waals surface area (Å²) in [5.74, 6) is -1.62. The lowest BCUT2D eigenvalue weighted by Crippen LogP contribution is -2.00. The van der Waals surface area contributed by atoms with E-state index >= 15 is 0 Å². The van der Waals surface area contributed by atoms with Gasteiger partial charge in [0.05, 0.1) is 22.5 Å². The van der Waals surface area contributed by atoms with Gasteiger partial charge in [-0.3, -0.25) is 4.57 Å². The van der Waals surface area contributed by atoms with Gasteiger partial charge in [0, 0.05) is 10.7 Å². The van der Waals surface area contributed by atoms with Gasteiger partial charge in [-0.1, -0.05) is 23.2 Å². The van der Waals surface area contributed by atoms with E-state index in [0.717, 1.165) is 12.1 Å². The fourth-order valence-electron chi connectivity index (χ4n) is 2.10. The van der Waals surface area contributed by atoms with Crippen molar-refractivity contribution in [3.8, 4) is 16.9 Å². The van der Waals surface area contributed by atoms with Gasteiger partial charge in [-0.25, -0.2) is 13.8 Å². The van der Waals surface area contributed by atoms with Gasteiger partial charge in [0.2, 0.25) is 5.28 Å². The normalized spacial score (nSPS) is 11.0. The average Bonchev–Trinajstić information content (AvgIpc) is 2.86. The van der Waals surface area contributed by atoms with Crippen LogP contribution in [-0.2, 0) is 0 Å². The van der Waals surface area contributed by atoms with Crippen molar-refractivity contribution in [3.05, 3.63) is 69.6 Å². The topological polar surface area (TPSA) is 17.8 Å². The third kappa shape index (κ3) is 2.58. The van der Waals surface area contributed by atoms with Crippen molar-refractivity contribution in [1.82, 2.24) is 9.55 Å². The van der Waals surface area contributed by atoms with Crippen molar-refractivity contribution in [3.63, 3.8) is 0 Å². The van der Waals surface area contributed by atoms with Crippen molar-refractivity contribution in [1.29, 1.82) is 0 Å². The van der Waals surface area contributed by atoms with E-state index in [-0.39, 0.29) is 21.6 Å². The molecule has 3 aromatic rings. The lowest BCUT2D eigenvalue weighted by Gasteiger charge is -2.11.